The van der Waals surface area contributed by atoms with E-state index in [1.807, 2.05) is 50.2 Å². The number of ether oxygens (including phenoxy) is 6. The topological polar surface area (TPSA) is 279 Å². The van der Waals surface area contributed by atoms with Crippen molar-refractivity contribution in [3.63, 3.8) is 0 Å². The van der Waals surface area contributed by atoms with Crippen LogP contribution in [0.1, 0.15) is 171 Å². The molecule has 0 fully saturated rings. The first-order valence-corrected chi connectivity index (χ1v) is 29.7. The van der Waals surface area contributed by atoms with Gasteiger partial charge in [-0.05, 0) is 112 Å². The predicted molar refractivity (Wildman–Crippen MR) is 345 cm³/mol. The highest BCUT2D eigenvalue weighted by molar-refractivity contribution is 7.59. The number of rotatable bonds is 13. The number of nitrogens with one attached hydrogen (secondary N) is 5. The number of Topliss-reactive ketones (excluding diaryl/α,β-unsaturated/α-hetero) is 1. The number of amides is 5. The van der Waals surface area contributed by atoms with Gasteiger partial charge in [-0.1, -0.05) is 94.6 Å². The number of hydrogen-bond acceptors (Lipinski definition) is 15. The van der Waals surface area contributed by atoms with Crippen molar-refractivity contribution >= 4 is 82.1 Å². The van der Waals surface area contributed by atoms with Gasteiger partial charge in [-0.25, -0.2) is 0 Å². The van der Waals surface area contributed by atoms with Gasteiger partial charge in [0.05, 0.1) is 83.7 Å². The van der Waals surface area contributed by atoms with Gasteiger partial charge in [-0.3, -0.25) is 28.8 Å². The van der Waals surface area contributed by atoms with Gasteiger partial charge in [0.2, 0.25) is 5.78 Å². The van der Waals surface area contributed by atoms with Gasteiger partial charge in [0.1, 0.15) is 6.29 Å². The molecule has 0 spiro atoms. The average Bonchev–Trinajstić information content (AvgIpc) is 3.28. The number of fused-ring (bicyclic) bond motifs is 3. The number of carbonyl (C=O) groups is 7. The molecule has 23 heteroatoms. The van der Waals surface area contributed by atoms with E-state index in [9.17, 15) is 38.7 Å². The first-order chi connectivity index (χ1) is 40.5. The molecule has 3 aliphatic heterocycles. The lowest BCUT2D eigenvalue weighted by Crippen LogP contribution is -2.51. The number of hydrogen-bond donors (Lipinski definition) is 6. The molecule has 6 N–H and O–H groups in total. The van der Waals surface area contributed by atoms with Crippen molar-refractivity contribution in [3.05, 3.63) is 106 Å². The summed E-state index contributed by atoms with van der Waals surface area (Å²) in [6.07, 6.45) is 12.1. The molecule has 0 radical (unpaired) electrons. The molecule has 6 rings (SSSR count). The van der Waals surface area contributed by atoms with Crippen LogP contribution in [-0.4, -0.2) is 143 Å². The number of ketones is 1. The summed E-state index contributed by atoms with van der Waals surface area (Å²) in [6.45, 7) is 12.8. The molecule has 3 aromatic rings. The third kappa shape index (κ3) is 33.7. The third-order valence-electron chi connectivity index (χ3n) is 13.4. The van der Waals surface area contributed by atoms with Gasteiger partial charge in [0, 0.05) is 56.0 Å². The Morgan fingerprint density at radius 3 is 1.41 bits per heavy atom. The van der Waals surface area contributed by atoms with Crippen LogP contribution in [0.15, 0.2) is 72.8 Å². The van der Waals surface area contributed by atoms with E-state index in [0.29, 0.717) is 128 Å². The number of aldehydes is 1. The molecule has 86 heavy (non-hydrogen) atoms. The molecule has 4 atom stereocenters. The zero-order valence-electron chi connectivity index (χ0n) is 50.7. The number of aliphatic hydroxyl groups is 1. The van der Waals surface area contributed by atoms with E-state index in [2.05, 4.69) is 39.6 Å². The van der Waals surface area contributed by atoms with Gasteiger partial charge in [-0.15, -0.1) is 0 Å². The Labute approximate surface area is 530 Å². The quantitative estimate of drug-likeness (QED) is 0.0549. The Hall–Kier alpha value is -5.39. The van der Waals surface area contributed by atoms with Gasteiger partial charge >= 0.3 is 0 Å². The van der Waals surface area contributed by atoms with Crippen molar-refractivity contribution in [1.82, 2.24) is 26.6 Å². The summed E-state index contributed by atoms with van der Waals surface area (Å²) in [5, 5.41) is 32.2. The van der Waals surface area contributed by atoms with E-state index in [1.54, 1.807) is 36.4 Å². The fraction of sp³-hybridized carbons (Fsp3) is 0.587. The lowest BCUT2D eigenvalue weighted by Gasteiger charge is -2.24. The smallest absolute Gasteiger partial charge is 0.289 e. The summed E-state index contributed by atoms with van der Waals surface area (Å²) in [4.78, 5) is 86.1. The van der Waals surface area contributed by atoms with Crippen LogP contribution in [0.3, 0.4) is 0 Å². The minimum Gasteiger partial charge on any atom is -0.381 e. The summed E-state index contributed by atoms with van der Waals surface area (Å²) < 4.78 is 33.2. The maximum absolute atomic E-state index is 12.8. The maximum Gasteiger partial charge on any atom is 0.289 e. The number of aliphatic hydroxyl groups excluding tert-OH is 1. The molecule has 0 aromatic heterocycles. The van der Waals surface area contributed by atoms with Crippen molar-refractivity contribution in [1.29, 1.82) is 5.26 Å². The van der Waals surface area contributed by atoms with Crippen LogP contribution in [0, 0.1) is 11.3 Å². The zero-order chi connectivity index (χ0) is 60.1. The van der Waals surface area contributed by atoms with Gasteiger partial charge < -0.3 is 64.9 Å². The van der Waals surface area contributed by atoms with Gasteiger partial charge in [-0.2, -0.15) is 45.7 Å². The number of nitrogens with zero attached hydrogens (tertiary/aromatic N) is 1. The number of unbranched alkanes of at least 4 members (excludes halogenated alkanes) is 4. The average molecular weight is 1260 g/mol. The molecule has 3 heterocycles. The first kappa shape index (κ1) is 80.6. The van der Waals surface area contributed by atoms with Crippen LogP contribution < -0.4 is 26.6 Å². The summed E-state index contributed by atoms with van der Waals surface area (Å²) >= 11 is 0. The van der Waals surface area contributed by atoms with Crippen LogP contribution >= 0.6 is 40.5 Å². The van der Waals surface area contributed by atoms with Crippen LogP contribution in [0.25, 0.3) is 0 Å². The van der Waals surface area contributed by atoms with Crippen molar-refractivity contribution in [2.24, 2.45) is 0 Å². The van der Waals surface area contributed by atoms with Crippen LogP contribution in [0.2, 0.25) is 0 Å². The molecular formula is C63H98N6O14S3. The van der Waals surface area contributed by atoms with E-state index in [4.69, 9.17) is 33.7 Å². The van der Waals surface area contributed by atoms with Gasteiger partial charge in [0.15, 0.2) is 6.10 Å². The Morgan fingerprint density at radius 1 is 0.558 bits per heavy atom. The monoisotopic (exact) mass is 1260 g/mol. The highest BCUT2D eigenvalue weighted by atomic mass is 32.1. The van der Waals surface area contributed by atoms with Crippen molar-refractivity contribution in [3.8, 4) is 6.07 Å². The largest absolute Gasteiger partial charge is 0.381 e. The maximum atomic E-state index is 12.8. The van der Waals surface area contributed by atoms with Crippen LogP contribution in [-0.2, 0) is 67.4 Å². The Morgan fingerprint density at radius 2 is 0.965 bits per heavy atom. The molecule has 5 amide bonds. The molecule has 0 aliphatic carbocycles. The summed E-state index contributed by atoms with van der Waals surface area (Å²) in [7, 11) is 0. The predicted octanol–water partition coefficient (Wildman–Crippen LogP) is 7.51. The van der Waals surface area contributed by atoms with Crippen molar-refractivity contribution in [2.45, 2.75) is 168 Å². The highest BCUT2D eigenvalue weighted by Crippen LogP contribution is 2.17. The highest BCUT2D eigenvalue weighted by Gasteiger charge is 2.29. The Balaban J connectivity index is 0.00000119. The van der Waals surface area contributed by atoms with Crippen molar-refractivity contribution < 1.29 is 67.1 Å². The number of carbonyl (C=O) groups excluding carboxylic acids is 7. The third-order valence-corrected chi connectivity index (χ3v) is 13.4. The standard InChI is InChI=1S/C21H32N2O5.C21H30N2O5.C16H21NO4.C5H9N.3H2S/c2*1-2-3-11-22-21(26)19(24)18-10-6-7-12-27-13-14-28-15-16-8-4-5-9-17(16)20(25)23-18;18-11-14-6-3-4-8-20-9-10-21-12-13-5-1-2-7-15(13)16(19)17-14;1-2-3-4-5-6;;;/h4-5,8-9,18-19,24H,2-3,6-7,10-15H2,1H3,(H,22,26)(H,23,25);4-5,8-9,18H,2-3,6-7,10-15H2,1H3,(H,22,26)(H,23,25);1-2,5,7,11,14H,3-4,6,8-10,12H2,(H,17,19);2-4H2,1H3;3*1H2/t18-,19?;18-;14-;;;;/m000..../s1. The second-order valence-electron chi connectivity index (χ2n) is 20.1. The minimum atomic E-state index is -1.29. The molecule has 0 saturated heterocycles. The number of benzene rings is 3. The van der Waals surface area contributed by atoms with E-state index in [1.165, 1.54) is 0 Å². The minimum absolute atomic E-state index is 0. The van der Waals surface area contributed by atoms with E-state index in [-0.39, 0.29) is 64.8 Å². The molecule has 3 aliphatic rings. The van der Waals surface area contributed by atoms with E-state index < -0.39 is 41.8 Å². The first-order valence-electron chi connectivity index (χ1n) is 29.7. The van der Waals surface area contributed by atoms with E-state index in [0.717, 1.165) is 100 Å². The fourth-order valence-electron chi connectivity index (χ4n) is 8.53. The molecule has 20 nitrogen and oxygen atoms in total. The van der Waals surface area contributed by atoms with Crippen LogP contribution in [0.4, 0.5) is 0 Å². The summed E-state index contributed by atoms with van der Waals surface area (Å²) in [6, 6.07) is 21.7. The molecule has 482 valence electrons. The molecule has 3 aromatic carbocycles. The van der Waals surface area contributed by atoms with Crippen LogP contribution in [0.5, 0.6) is 0 Å². The lowest BCUT2D eigenvalue weighted by atomic mass is 10.0. The summed E-state index contributed by atoms with van der Waals surface area (Å²) in [5.74, 6) is -2.60. The zero-order valence-corrected chi connectivity index (χ0v) is 53.7. The van der Waals surface area contributed by atoms with Gasteiger partial charge in [0.25, 0.3) is 29.5 Å². The molecular weight excluding hydrogens is 1160 g/mol. The lowest BCUT2D eigenvalue weighted by molar-refractivity contribution is -0.139. The summed E-state index contributed by atoms with van der Waals surface area (Å²) in [5.41, 5.74) is 3.81. The Bertz CT molecular complexity index is 2420. The number of nitriles is 1. The normalized spacial score (nSPS) is 18.6. The second-order valence-corrected chi connectivity index (χ2v) is 20.1. The Kier molecular flexibility index (Phi) is 48.4. The second kappa shape index (κ2) is 51.6. The SMILES string of the molecule is CCCCC#N.CCCCNC(=O)C(=O)[C@@H]1CCCCOCCOCc2ccccc2C(=O)N1.CCCCNC(=O)C(O)[C@@H]1CCCCOCCOCc2ccccc2C(=O)N1.O=C[C@@H]1CCCCOCCOCc2ccccc2C(=O)N1.S.S.S. The molecule has 0 bridgehead atoms. The van der Waals surface area contributed by atoms with Crippen molar-refractivity contribution in [2.75, 3.05) is 72.6 Å². The molecule has 1 unspecified atom stereocenters. The molecule has 0 saturated carbocycles. The fourth-order valence-corrected chi connectivity index (χ4v) is 8.53. The van der Waals surface area contributed by atoms with E-state index >= 15 is 0 Å².